The van der Waals surface area contributed by atoms with Crippen LogP contribution < -0.4 is 0 Å². The maximum absolute atomic E-state index is 2.21. The number of benzene rings is 1. The third-order valence-corrected chi connectivity index (χ3v) is 1.97. The minimum absolute atomic E-state index is 1.11. The van der Waals surface area contributed by atoms with Gasteiger partial charge in [0.2, 0.25) is 0 Å². The first-order valence-electron chi connectivity index (χ1n) is 4.63. The van der Waals surface area contributed by atoms with Gasteiger partial charge in [-0.2, -0.15) is 0 Å². The molecule has 0 saturated heterocycles. The molecular formula is C12H16. The van der Waals surface area contributed by atoms with Crippen LogP contribution in [0.25, 0.3) is 6.08 Å². The van der Waals surface area contributed by atoms with Crippen molar-refractivity contribution in [3.05, 3.63) is 41.5 Å². The van der Waals surface area contributed by atoms with Crippen LogP contribution in [0.5, 0.6) is 0 Å². The topological polar surface area (TPSA) is 0 Å². The van der Waals surface area contributed by atoms with E-state index < -0.39 is 0 Å². The predicted octanol–water partition coefficient (Wildman–Crippen LogP) is 3.67. The van der Waals surface area contributed by atoms with E-state index in [0.717, 1.165) is 12.8 Å². The van der Waals surface area contributed by atoms with Crippen molar-refractivity contribution in [1.82, 2.24) is 0 Å². The van der Waals surface area contributed by atoms with Crippen molar-refractivity contribution >= 4 is 6.08 Å². The normalized spacial score (nSPS) is 10.8. The number of hydrogen-bond donors (Lipinski definition) is 0. The van der Waals surface area contributed by atoms with Crippen molar-refractivity contribution in [3.8, 4) is 0 Å². The van der Waals surface area contributed by atoms with Gasteiger partial charge in [-0.25, -0.2) is 0 Å². The molecule has 0 fully saturated rings. The van der Waals surface area contributed by atoms with Gasteiger partial charge in [-0.1, -0.05) is 50.3 Å². The van der Waals surface area contributed by atoms with E-state index in [9.17, 15) is 0 Å². The Bertz CT molecular complexity index is 258. The van der Waals surface area contributed by atoms with Gasteiger partial charge in [0.15, 0.2) is 0 Å². The Labute approximate surface area is 74.9 Å². The minimum Gasteiger partial charge on any atom is -0.0842 e. The Morgan fingerprint density at radius 3 is 2.58 bits per heavy atom. The first-order chi connectivity index (χ1) is 5.88. The zero-order chi connectivity index (χ0) is 8.81. The van der Waals surface area contributed by atoms with Crippen LogP contribution in [0.4, 0.5) is 0 Å². The summed E-state index contributed by atoms with van der Waals surface area (Å²) >= 11 is 0. The lowest BCUT2D eigenvalue weighted by atomic mass is 10.0. The van der Waals surface area contributed by atoms with Gasteiger partial charge in [0.05, 0.1) is 0 Å². The number of allylic oxidation sites excluding steroid dienone is 1. The molecule has 0 unspecified atom stereocenters. The number of hydrogen-bond acceptors (Lipinski definition) is 0. The van der Waals surface area contributed by atoms with E-state index in [2.05, 4.69) is 50.3 Å². The van der Waals surface area contributed by atoms with Crippen LogP contribution in [-0.2, 0) is 6.42 Å². The van der Waals surface area contributed by atoms with Gasteiger partial charge in [0.25, 0.3) is 0 Å². The molecule has 0 aliphatic rings. The van der Waals surface area contributed by atoms with E-state index in [-0.39, 0.29) is 0 Å². The fraction of sp³-hybridized carbons (Fsp3) is 0.333. The molecule has 1 rings (SSSR count). The molecule has 0 aliphatic heterocycles. The lowest BCUT2D eigenvalue weighted by Crippen LogP contribution is -1.83. The summed E-state index contributed by atoms with van der Waals surface area (Å²) in [4.78, 5) is 0. The summed E-state index contributed by atoms with van der Waals surface area (Å²) in [6.45, 7) is 4.35. The summed E-state index contributed by atoms with van der Waals surface area (Å²) in [5.41, 5.74) is 2.80. The molecular weight excluding hydrogens is 144 g/mol. The Kier molecular flexibility index (Phi) is 3.59. The molecule has 1 aromatic carbocycles. The summed E-state index contributed by atoms with van der Waals surface area (Å²) in [6, 6.07) is 8.55. The minimum atomic E-state index is 1.11. The summed E-state index contributed by atoms with van der Waals surface area (Å²) in [5.74, 6) is 0. The summed E-state index contributed by atoms with van der Waals surface area (Å²) in [7, 11) is 0. The highest BCUT2D eigenvalue weighted by Crippen LogP contribution is 2.11. The van der Waals surface area contributed by atoms with Crippen molar-refractivity contribution in [2.45, 2.75) is 26.7 Å². The van der Waals surface area contributed by atoms with E-state index in [1.165, 1.54) is 11.1 Å². The van der Waals surface area contributed by atoms with Crippen molar-refractivity contribution < 1.29 is 0 Å². The SMILES string of the molecule is CC/C=C\c1ccccc1CC. The summed E-state index contributed by atoms with van der Waals surface area (Å²) < 4.78 is 0. The van der Waals surface area contributed by atoms with Gasteiger partial charge >= 0.3 is 0 Å². The lowest BCUT2D eigenvalue weighted by molar-refractivity contribution is 1.13. The maximum atomic E-state index is 2.21. The molecule has 0 amide bonds. The fourth-order valence-electron chi connectivity index (χ4n) is 1.26. The molecule has 0 bridgehead atoms. The molecule has 0 radical (unpaired) electrons. The highest BCUT2D eigenvalue weighted by Gasteiger charge is 1.93. The standard InChI is InChI=1S/C12H16/c1-3-5-8-12-10-7-6-9-11(12)4-2/h5-10H,3-4H2,1-2H3/b8-5-. The Hall–Kier alpha value is -1.04. The van der Waals surface area contributed by atoms with Crippen LogP contribution >= 0.6 is 0 Å². The largest absolute Gasteiger partial charge is 0.0842 e. The van der Waals surface area contributed by atoms with E-state index in [1.54, 1.807) is 0 Å². The summed E-state index contributed by atoms with van der Waals surface area (Å²) in [5, 5.41) is 0. The van der Waals surface area contributed by atoms with Crippen molar-refractivity contribution in [3.63, 3.8) is 0 Å². The van der Waals surface area contributed by atoms with Crippen LogP contribution in [0.3, 0.4) is 0 Å². The zero-order valence-corrected chi connectivity index (χ0v) is 7.88. The maximum Gasteiger partial charge on any atom is -0.0228 e. The molecule has 0 heterocycles. The number of aryl methyl sites for hydroxylation is 1. The molecule has 0 atom stereocenters. The first-order valence-corrected chi connectivity index (χ1v) is 4.63. The van der Waals surface area contributed by atoms with Gasteiger partial charge in [-0.3, -0.25) is 0 Å². The number of rotatable bonds is 3. The average Bonchev–Trinajstić information content (AvgIpc) is 2.15. The van der Waals surface area contributed by atoms with Gasteiger partial charge in [0.1, 0.15) is 0 Å². The lowest BCUT2D eigenvalue weighted by Gasteiger charge is -2.00. The van der Waals surface area contributed by atoms with E-state index in [0.29, 0.717) is 0 Å². The third kappa shape index (κ3) is 2.23. The molecule has 0 N–H and O–H groups in total. The van der Waals surface area contributed by atoms with Crippen LogP contribution in [0, 0.1) is 0 Å². The quantitative estimate of drug-likeness (QED) is 0.633. The van der Waals surface area contributed by atoms with E-state index in [4.69, 9.17) is 0 Å². The van der Waals surface area contributed by atoms with Crippen LogP contribution in [0.1, 0.15) is 31.4 Å². The second-order valence-electron chi connectivity index (χ2n) is 2.86. The third-order valence-electron chi connectivity index (χ3n) is 1.97. The van der Waals surface area contributed by atoms with E-state index in [1.807, 2.05) is 0 Å². The molecule has 0 aliphatic carbocycles. The highest BCUT2D eigenvalue weighted by molar-refractivity contribution is 5.53. The second kappa shape index (κ2) is 4.76. The zero-order valence-electron chi connectivity index (χ0n) is 7.88. The average molecular weight is 160 g/mol. The Morgan fingerprint density at radius 1 is 1.17 bits per heavy atom. The van der Waals surface area contributed by atoms with Crippen molar-refractivity contribution in [2.24, 2.45) is 0 Å². The molecule has 0 nitrogen and oxygen atoms in total. The molecule has 12 heavy (non-hydrogen) atoms. The van der Waals surface area contributed by atoms with Crippen LogP contribution in [0.2, 0.25) is 0 Å². The summed E-state index contributed by atoms with van der Waals surface area (Å²) in [6.07, 6.45) is 6.63. The predicted molar refractivity (Wildman–Crippen MR) is 55.1 cm³/mol. The Morgan fingerprint density at radius 2 is 1.92 bits per heavy atom. The van der Waals surface area contributed by atoms with Crippen molar-refractivity contribution in [1.29, 1.82) is 0 Å². The monoisotopic (exact) mass is 160 g/mol. The first kappa shape index (κ1) is 9.05. The van der Waals surface area contributed by atoms with Gasteiger partial charge in [-0.05, 0) is 24.0 Å². The molecule has 0 saturated carbocycles. The second-order valence-corrected chi connectivity index (χ2v) is 2.86. The van der Waals surface area contributed by atoms with Gasteiger partial charge in [0, 0.05) is 0 Å². The molecule has 64 valence electrons. The van der Waals surface area contributed by atoms with Crippen LogP contribution in [0.15, 0.2) is 30.3 Å². The highest BCUT2D eigenvalue weighted by atomic mass is 14.0. The van der Waals surface area contributed by atoms with Gasteiger partial charge < -0.3 is 0 Å². The van der Waals surface area contributed by atoms with Gasteiger partial charge in [-0.15, -0.1) is 0 Å². The van der Waals surface area contributed by atoms with E-state index >= 15 is 0 Å². The van der Waals surface area contributed by atoms with Crippen LogP contribution in [-0.4, -0.2) is 0 Å². The smallest absolute Gasteiger partial charge is 0.0228 e. The molecule has 0 heteroatoms. The molecule has 0 spiro atoms. The Balaban J connectivity index is 2.89. The van der Waals surface area contributed by atoms with Crippen molar-refractivity contribution in [2.75, 3.05) is 0 Å². The molecule has 1 aromatic rings. The molecule has 0 aromatic heterocycles. The fourth-order valence-corrected chi connectivity index (χ4v) is 1.26.